The lowest BCUT2D eigenvalue weighted by molar-refractivity contribution is -0.136. The summed E-state index contributed by atoms with van der Waals surface area (Å²) in [7, 11) is 1.64. The molecule has 2 aliphatic heterocycles. The summed E-state index contributed by atoms with van der Waals surface area (Å²) in [5, 5.41) is -0.0373. The molecule has 30 heavy (non-hydrogen) atoms. The number of piperazine rings is 1. The zero-order valence-electron chi connectivity index (χ0n) is 16.7. The maximum absolute atomic E-state index is 13.4. The Morgan fingerprint density at radius 3 is 2.37 bits per heavy atom. The molecule has 0 unspecified atom stereocenters. The van der Waals surface area contributed by atoms with Gasteiger partial charge in [0.2, 0.25) is 11.8 Å². The van der Waals surface area contributed by atoms with E-state index in [1.807, 2.05) is 29.2 Å². The highest BCUT2D eigenvalue weighted by Crippen LogP contribution is 2.30. The number of nitrogens with zero attached hydrogens (tertiary/aromatic N) is 3. The van der Waals surface area contributed by atoms with Crippen LogP contribution in [0, 0.1) is 11.7 Å². The van der Waals surface area contributed by atoms with Gasteiger partial charge in [-0.05, 0) is 42.5 Å². The van der Waals surface area contributed by atoms with Gasteiger partial charge < -0.3 is 19.4 Å². The first kappa shape index (κ1) is 20.5. The van der Waals surface area contributed by atoms with Gasteiger partial charge in [0.1, 0.15) is 11.6 Å². The number of carbonyl (C=O) groups is 2. The summed E-state index contributed by atoms with van der Waals surface area (Å²) in [5.74, 6) is -0.268. The maximum atomic E-state index is 13.4. The summed E-state index contributed by atoms with van der Waals surface area (Å²) < 4.78 is 18.6. The number of benzene rings is 2. The molecular weight excluding hydrogens is 409 g/mol. The number of methoxy groups -OCH3 is 1. The van der Waals surface area contributed by atoms with Crippen molar-refractivity contribution in [3.63, 3.8) is 0 Å². The van der Waals surface area contributed by atoms with E-state index in [-0.39, 0.29) is 23.3 Å². The number of carbonyl (C=O) groups excluding carboxylic acids is 2. The van der Waals surface area contributed by atoms with Crippen molar-refractivity contribution < 1.29 is 18.7 Å². The van der Waals surface area contributed by atoms with Gasteiger partial charge in [-0.25, -0.2) is 4.39 Å². The quantitative estimate of drug-likeness (QED) is 0.746. The van der Waals surface area contributed by atoms with Gasteiger partial charge in [0.05, 0.1) is 18.1 Å². The summed E-state index contributed by atoms with van der Waals surface area (Å²) in [5.41, 5.74) is 1.62. The van der Waals surface area contributed by atoms with Crippen molar-refractivity contribution in [2.24, 2.45) is 5.92 Å². The van der Waals surface area contributed by atoms with Crippen molar-refractivity contribution in [3.8, 4) is 5.75 Å². The summed E-state index contributed by atoms with van der Waals surface area (Å²) in [6, 6.07) is 12.0. The van der Waals surface area contributed by atoms with Gasteiger partial charge in [0, 0.05) is 50.5 Å². The van der Waals surface area contributed by atoms with Crippen LogP contribution in [0.5, 0.6) is 5.75 Å². The third-order valence-corrected chi connectivity index (χ3v) is 6.01. The molecule has 0 aromatic heterocycles. The smallest absolute Gasteiger partial charge is 0.228 e. The Labute approximate surface area is 179 Å². The van der Waals surface area contributed by atoms with E-state index in [2.05, 4.69) is 4.90 Å². The molecule has 0 N–H and O–H groups in total. The summed E-state index contributed by atoms with van der Waals surface area (Å²) in [6.45, 7) is 2.97. The molecule has 6 nitrogen and oxygen atoms in total. The second kappa shape index (κ2) is 8.52. The third kappa shape index (κ3) is 4.07. The standard InChI is InChI=1S/C22H23ClFN3O3/c1-30-18-5-2-16(3-6-18)25-8-10-26(11-9-25)22(29)15-12-21(28)27(14-15)17-4-7-20(24)19(23)13-17/h2-7,13,15H,8-12,14H2,1H3/t15-/m1/s1. The van der Waals surface area contributed by atoms with Crippen LogP contribution >= 0.6 is 11.6 Å². The van der Waals surface area contributed by atoms with Crippen LogP contribution < -0.4 is 14.5 Å². The Morgan fingerprint density at radius 2 is 1.73 bits per heavy atom. The molecule has 8 heteroatoms. The number of ether oxygens (including phenoxy) is 1. The molecule has 0 saturated carbocycles. The van der Waals surface area contributed by atoms with E-state index in [0.29, 0.717) is 25.3 Å². The highest BCUT2D eigenvalue weighted by Gasteiger charge is 2.38. The Balaban J connectivity index is 1.36. The Morgan fingerprint density at radius 1 is 1.07 bits per heavy atom. The number of amides is 2. The van der Waals surface area contributed by atoms with E-state index in [1.54, 1.807) is 7.11 Å². The third-order valence-electron chi connectivity index (χ3n) is 5.72. The molecule has 0 spiro atoms. The lowest BCUT2D eigenvalue weighted by Crippen LogP contribution is -2.50. The van der Waals surface area contributed by atoms with Crippen molar-refractivity contribution in [1.82, 2.24) is 4.90 Å². The van der Waals surface area contributed by atoms with Crippen LogP contribution in [0.1, 0.15) is 6.42 Å². The van der Waals surface area contributed by atoms with Crippen molar-refractivity contribution in [3.05, 3.63) is 53.3 Å². The topological polar surface area (TPSA) is 53.1 Å². The van der Waals surface area contributed by atoms with Gasteiger partial charge in [0.25, 0.3) is 0 Å². The SMILES string of the molecule is COc1ccc(N2CCN(C(=O)[C@@H]3CC(=O)N(c4ccc(F)c(Cl)c4)C3)CC2)cc1. The second-order valence-corrected chi connectivity index (χ2v) is 7.92. The molecule has 2 aliphatic rings. The molecule has 2 aromatic carbocycles. The Bertz CT molecular complexity index is 945. The summed E-state index contributed by atoms with van der Waals surface area (Å²) in [6.07, 6.45) is 0.159. The molecule has 0 bridgehead atoms. The van der Waals surface area contributed by atoms with Crippen LogP contribution in [0.25, 0.3) is 0 Å². The zero-order valence-corrected chi connectivity index (χ0v) is 17.4. The van der Waals surface area contributed by atoms with Gasteiger partial charge >= 0.3 is 0 Å². The van der Waals surface area contributed by atoms with E-state index in [9.17, 15) is 14.0 Å². The average molecular weight is 432 g/mol. The van der Waals surface area contributed by atoms with Crippen molar-refractivity contribution in [2.75, 3.05) is 49.6 Å². The number of anilines is 2. The Kier molecular flexibility index (Phi) is 5.81. The predicted octanol–water partition coefficient (Wildman–Crippen LogP) is 3.19. The van der Waals surface area contributed by atoms with Crippen LogP contribution in [-0.2, 0) is 9.59 Å². The van der Waals surface area contributed by atoms with Crippen LogP contribution in [0.2, 0.25) is 5.02 Å². The first-order valence-electron chi connectivity index (χ1n) is 9.89. The molecule has 1 atom stereocenters. The number of rotatable bonds is 4. The van der Waals surface area contributed by atoms with Gasteiger partial charge in [-0.1, -0.05) is 11.6 Å². The lowest BCUT2D eigenvalue weighted by atomic mass is 10.1. The molecule has 4 rings (SSSR count). The monoisotopic (exact) mass is 431 g/mol. The minimum absolute atomic E-state index is 0.00607. The molecule has 158 valence electrons. The Hall–Kier alpha value is -2.80. The molecule has 2 saturated heterocycles. The molecule has 2 amide bonds. The molecule has 0 aliphatic carbocycles. The number of hydrogen-bond donors (Lipinski definition) is 0. The first-order valence-corrected chi connectivity index (χ1v) is 10.3. The highest BCUT2D eigenvalue weighted by atomic mass is 35.5. The number of halogens is 2. The molecule has 2 aromatic rings. The normalized spacial score (nSPS) is 19.4. The van der Waals surface area contributed by atoms with Crippen LogP contribution in [0.4, 0.5) is 15.8 Å². The van der Waals surface area contributed by atoms with E-state index >= 15 is 0 Å². The molecule has 2 heterocycles. The van der Waals surface area contributed by atoms with Crippen molar-refractivity contribution in [2.45, 2.75) is 6.42 Å². The van der Waals surface area contributed by atoms with Crippen LogP contribution in [0.3, 0.4) is 0 Å². The molecular formula is C22H23ClFN3O3. The van der Waals surface area contributed by atoms with E-state index < -0.39 is 11.7 Å². The zero-order chi connectivity index (χ0) is 21.3. The van der Waals surface area contributed by atoms with Gasteiger partial charge in [-0.3, -0.25) is 9.59 Å². The van der Waals surface area contributed by atoms with Crippen LogP contribution in [-0.4, -0.2) is 56.5 Å². The largest absolute Gasteiger partial charge is 0.497 e. The van der Waals surface area contributed by atoms with E-state index in [0.717, 1.165) is 24.5 Å². The highest BCUT2D eigenvalue weighted by molar-refractivity contribution is 6.31. The fraction of sp³-hybridized carbons (Fsp3) is 0.364. The van der Waals surface area contributed by atoms with Crippen molar-refractivity contribution >= 4 is 34.8 Å². The lowest BCUT2D eigenvalue weighted by Gasteiger charge is -2.37. The summed E-state index contributed by atoms with van der Waals surface area (Å²) >= 11 is 5.84. The fourth-order valence-corrected chi connectivity index (χ4v) is 4.19. The second-order valence-electron chi connectivity index (χ2n) is 7.51. The fourth-order valence-electron chi connectivity index (χ4n) is 4.01. The number of hydrogen-bond acceptors (Lipinski definition) is 4. The maximum Gasteiger partial charge on any atom is 0.228 e. The van der Waals surface area contributed by atoms with E-state index in [4.69, 9.17) is 16.3 Å². The summed E-state index contributed by atoms with van der Waals surface area (Å²) in [4.78, 5) is 31.0. The van der Waals surface area contributed by atoms with Gasteiger partial charge in [0.15, 0.2) is 0 Å². The average Bonchev–Trinajstić information content (AvgIpc) is 3.17. The van der Waals surface area contributed by atoms with E-state index in [1.165, 1.54) is 23.1 Å². The minimum atomic E-state index is -0.533. The van der Waals surface area contributed by atoms with Crippen molar-refractivity contribution in [1.29, 1.82) is 0 Å². The first-order chi connectivity index (χ1) is 14.5. The van der Waals surface area contributed by atoms with Crippen LogP contribution in [0.15, 0.2) is 42.5 Å². The van der Waals surface area contributed by atoms with Gasteiger partial charge in [-0.15, -0.1) is 0 Å². The molecule has 0 radical (unpaired) electrons. The van der Waals surface area contributed by atoms with Gasteiger partial charge in [-0.2, -0.15) is 0 Å². The minimum Gasteiger partial charge on any atom is -0.497 e. The predicted molar refractivity (Wildman–Crippen MR) is 114 cm³/mol. The molecule has 2 fully saturated rings.